The van der Waals surface area contributed by atoms with Crippen LogP contribution >= 0.6 is 0 Å². The van der Waals surface area contributed by atoms with Gasteiger partial charge in [0.15, 0.2) is 0 Å². The standard InChI is InChI=1S/C17H20N2O3S/c1-12-6-5-7-17(13(12)2)19(4)23(21,22)16-10-8-15(9-11-16)18-14(3)20/h5-11H,1-4H3,(H,18,20). The first-order valence-electron chi connectivity index (χ1n) is 7.16. The van der Waals surface area contributed by atoms with E-state index in [4.69, 9.17) is 0 Å². The van der Waals surface area contributed by atoms with Crippen LogP contribution in [0.25, 0.3) is 0 Å². The Hall–Kier alpha value is -2.34. The summed E-state index contributed by atoms with van der Waals surface area (Å²) in [6, 6.07) is 11.7. The van der Waals surface area contributed by atoms with Gasteiger partial charge in [-0.05, 0) is 55.3 Å². The van der Waals surface area contributed by atoms with E-state index in [0.717, 1.165) is 11.1 Å². The lowest BCUT2D eigenvalue weighted by Gasteiger charge is -2.22. The average Bonchev–Trinajstić information content (AvgIpc) is 2.49. The SMILES string of the molecule is CC(=O)Nc1ccc(S(=O)(=O)N(C)c2cccc(C)c2C)cc1. The van der Waals surface area contributed by atoms with Gasteiger partial charge in [0, 0.05) is 19.7 Å². The predicted molar refractivity (Wildman–Crippen MR) is 92.3 cm³/mol. The number of nitrogens with zero attached hydrogens (tertiary/aromatic N) is 1. The van der Waals surface area contributed by atoms with Crippen LogP contribution in [0.3, 0.4) is 0 Å². The minimum atomic E-state index is -3.66. The Kier molecular flexibility index (Phi) is 4.75. The Labute approximate surface area is 137 Å². The maximum atomic E-state index is 12.8. The average molecular weight is 332 g/mol. The summed E-state index contributed by atoms with van der Waals surface area (Å²) in [6.45, 7) is 5.25. The topological polar surface area (TPSA) is 66.5 Å². The monoisotopic (exact) mass is 332 g/mol. The van der Waals surface area contributed by atoms with E-state index in [9.17, 15) is 13.2 Å². The first-order valence-corrected chi connectivity index (χ1v) is 8.60. The van der Waals surface area contributed by atoms with Crippen LogP contribution in [-0.4, -0.2) is 21.4 Å². The fraction of sp³-hybridized carbons (Fsp3) is 0.235. The van der Waals surface area contributed by atoms with Crippen molar-refractivity contribution in [3.63, 3.8) is 0 Å². The van der Waals surface area contributed by atoms with Crippen LogP contribution in [0.15, 0.2) is 47.4 Å². The summed E-state index contributed by atoms with van der Waals surface area (Å²) in [5.41, 5.74) is 3.17. The molecule has 2 aromatic rings. The Morgan fingerprint density at radius 2 is 1.65 bits per heavy atom. The van der Waals surface area contributed by atoms with E-state index in [1.807, 2.05) is 26.0 Å². The molecule has 0 fully saturated rings. The maximum absolute atomic E-state index is 12.8. The number of aryl methyl sites for hydroxylation is 1. The van der Waals surface area contributed by atoms with E-state index in [2.05, 4.69) is 5.32 Å². The highest BCUT2D eigenvalue weighted by Crippen LogP contribution is 2.27. The van der Waals surface area contributed by atoms with E-state index in [1.54, 1.807) is 25.2 Å². The number of carbonyl (C=O) groups excluding carboxylic acids is 1. The molecular weight excluding hydrogens is 312 g/mol. The number of anilines is 2. The van der Waals surface area contributed by atoms with E-state index in [1.165, 1.54) is 23.4 Å². The molecule has 0 spiro atoms. The molecule has 0 aliphatic rings. The van der Waals surface area contributed by atoms with Crippen molar-refractivity contribution < 1.29 is 13.2 Å². The second kappa shape index (κ2) is 6.42. The molecule has 122 valence electrons. The molecule has 0 saturated heterocycles. The zero-order valence-electron chi connectivity index (χ0n) is 13.6. The fourth-order valence-electron chi connectivity index (χ4n) is 2.28. The number of rotatable bonds is 4. The first-order chi connectivity index (χ1) is 10.7. The molecule has 1 N–H and O–H groups in total. The Balaban J connectivity index is 2.37. The second-order valence-electron chi connectivity index (χ2n) is 5.40. The van der Waals surface area contributed by atoms with E-state index >= 15 is 0 Å². The van der Waals surface area contributed by atoms with Gasteiger partial charge < -0.3 is 5.32 Å². The highest BCUT2D eigenvalue weighted by molar-refractivity contribution is 7.92. The highest BCUT2D eigenvalue weighted by Gasteiger charge is 2.22. The number of hydrogen-bond donors (Lipinski definition) is 1. The summed E-state index contributed by atoms with van der Waals surface area (Å²) in [6.07, 6.45) is 0. The normalized spacial score (nSPS) is 11.1. The lowest BCUT2D eigenvalue weighted by molar-refractivity contribution is -0.114. The lowest BCUT2D eigenvalue weighted by Crippen LogP contribution is -2.27. The molecule has 0 atom stereocenters. The van der Waals surface area contributed by atoms with Crippen LogP contribution in [0.4, 0.5) is 11.4 Å². The Morgan fingerprint density at radius 1 is 1.04 bits per heavy atom. The lowest BCUT2D eigenvalue weighted by atomic mass is 10.1. The molecule has 0 aliphatic carbocycles. The van der Waals surface area contributed by atoms with Gasteiger partial charge >= 0.3 is 0 Å². The number of benzene rings is 2. The summed E-state index contributed by atoms with van der Waals surface area (Å²) >= 11 is 0. The summed E-state index contributed by atoms with van der Waals surface area (Å²) in [4.78, 5) is 11.2. The van der Waals surface area contributed by atoms with Gasteiger partial charge in [-0.1, -0.05) is 12.1 Å². The van der Waals surface area contributed by atoms with E-state index in [-0.39, 0.29) is 10.8 Å². The van der Waals surface area contributed by atoms with Gasteiger partial charge in [-0.25, -0.2) is 8.42 Å². The molecule has 0 heterocycles. The molecule has 0 bridgehead atoms. The van der Waals surface area contributed by atoms with E-state index < -0.39 is 10.0 Å². The van der Waals surface area contributed by atoms with Crippen molar-refractivity contribution in [2.24, 2.45) is 0 Å². The largest absolute Gasteiger partial charge is 0.326 e. The molecule has 1 amide bonds. The van der Waals surface area contributed by atoms with Gasteiger partial charge in [-0.2, -0.15) is 0 Å². The molecule has 0 aromatic heterocycles. The molecule has 2 rings (SSSR count). The van der Waals surface area contributed by atoms with Crippen LogP contribution in [0.5, 0.6) is 0 Å². The number of nitrogens with one attached hydrogen (secondary N) is 1. The molecule has 23 heavy (non-hydrogen) atoms. The van der Waals surface area contributed by atoms with Crippen LogP contribution in [0.2, 0.25) is 0 Å². The predicted octanol–water partition coefficient (Wildman–Crippen LogP) is 3.09. The first kappa shape index (κ1) is 17.0. The van der Waals surface area contributed by atoms with Gasteiger partial charge in [0.2, 0.25) is 5.91 Å². The van der Waals surface area contributed by atoms with Gasteiger partial charge in [0.25, 0.3) is 10.0 Å². The molecule has 0 unspecified atom stereocenters. The number of carbonyl (C=O) groups is 1. The van der Waals surface area contributed by atoms with Gasteiger partial charge in [0.1, 0.15) is 0 Å². The fourth-order valence-corrected chi connectivity index (χ4v) is 3.53. The molecule has 2 aromatic carbocycles. The van der Waals surface area contributed by atoms with Crippen molar-refractivity contribution in [3.05, 3.63) is 53.6 Å². The zero-order chi connectivity index (χ0) is 17.2. The quantitative estimate of drug-likeness (QED) is 0.935. The van der Waals surface area contributed by atoms with Crippen LogP contribution in [-0.2, 0) is 14.8 Å². The van der Waals surface area contributed by atoms with Crippen molar-refractivity contribution in [3.8, 4) is 0 Å². The van der Waals surface area contributed by atoms with Gasteiger partial charge in [-0.3, -0.25) is 9.10 Å². The van der Waals surface area contributed by atoms with Gasteiger partial charge in [0.05, 0.1) is 10.6 Å². The number of amides is 1. The van der Waals surface area contributed by atoms with Crippen molar-refractivity contribution in [1.29, 1.82) is 0 Å². The second-order valence-corrected chi connectivity index (χ2v) is 7.37. The van der Waals surface area contributed by atoms with Crippen molar-refractivity contribution in [1.82, 2.24) is 0 Å². The molecule has 0 aliphatic heterocycles. The van der Waals surface area contributed by atoms with Gasteiger partial charge in [-0.15, -0.1) is 0 Å². The molecule has 0 radical (unpaired) electrons. The molecule has 6 heteroatoms. The Bertz CT molecular complexity index is 827. The van der Waals surface area contributed by atoms with Crippen molar-refractivity contribution in [2.75, 3.05) is 16.7 Å². The smallest absolute Gasteiger partial charge is 0.264 e. The summed E-state index contributed by atoms with van der Waals surface area (Å²) in [5, 5.41) is 2.61. The third-order valence-corrected chi connectivity index (χ3v) is 5.53. The summed E-state index contributed by atoms with van der Waals surface area (Å²) in [5.74, 6) is -0.201. The maximum Gasteiger partial charge on any atom is 0.264 e. The minimum absolute atomic E-state index is 0.176. The summed E-state index contributed by atoms with van der Waals surface area (Å²) < 4.78 is 26.8. The molecule has 5 nitrogen and oxygen atoms in total. The van der Waals surface area contributed by atoms with Crippen molar-refractivity contribution >= 4 is 27.3 Å². The van der Waals surface area contributed by atoms with Crippen LogP contribution < -0.4 is 9.62 Å². The van der Waals surface area contributed by atoms with Crippen molar-refractivity contribution in [2.45, 2.75) is 25.7 Å². The van der Waals surface area contributed by atoms with E-state index in [0.29, 0.717) is 11.4 Å². The molecule has 0 saturated carbocycles. The minimum Gasteiger partial charge on any atom is -0.326 e. The Morgan fingerprint density at radius 3 is 2.22 bits per heavy atom. The highest BCUT2D eigenvalue weighted by atomic mass is 32.2. The van der Waals surface area contributed by atoms with Crippen LogP contribution in [0.1, 0.15) is 18.1 Å². The number of hydrogen-bond acceptors (Lipinski definition) is 3. The third-order valence-electron chi connectivity index (χ3n) is 3.75. The third kappa shape index (κ3) is 3.53. The number of sulfonamides is 1. The summed E-state index contributed by atoms with van der Waals surface area (Å²) in [7, 11) is -2.12. The molecular formula is C17H20N2O3S. The van der Waals surface area contributed by atoms with Crippen LogP contribution in [0, 0.1) is 13.8 Å². The zero-order valence-corrected chi connectivity index (χ0v) is 14.4.